The first kappa shape index (κ1) is 7.74. The highest BCUT2D eigenvalue weighted by Gasteiger charge is 1.95. The molecule has 0 spiro atoms. The van der Waals surface area contributed by atoms with Gasteiger partial charge in [0.05, 0.1) is 6.07 Å². The SMILES string of the molecule is Cc1ccncc1CCC#N. The van der Waals surface area contributed by atoms with Crippen molar-refractivity contribution in [3.63, 3.8) is 0 Å². The van der Waals surface area contributed by atoms with Crippen molar-refractivity contribution in [3.05, 3.63) is 29.6 Å². The van der Waals surface area contributed by atoms with Crippen LogP contribution in [0.15, 0.2) is 18.5 Å². The molecule has 2 nitrogen and oxygen atoms in total. The maximum absolute atomic E-state index is 8.35. The molecule has 1 rings (SSSR count). The molecular formula is C9H10N2. The smallest absolute Gasteiger partial charge is 0.0625 e. The summed E-state index contributed by atoms with van der Waals surface area (Å²) in [4.78, 5) is 3.99. The molecule has 0 aliphatic carbocycles. The van der Waals surface area contributed by atoms with Gasteiger partial charge in [0.1, 0.15) is 0 Å². The number of rotatable bonds is 2. The van der Waals surface area contributed by atoms with Crippen molar-refractivity contribution in [2.24, 2.45) is 0 Å². The van der Waals surface area contributed by atoms with Crippen LogP contribution in [0.4, 0.5) is 0 Å². The van der Waals surface area contributed by atoms with E-state index >= 15 is 0 Å². The predicted octanol–water partition coefficient (Wildman–Crippen LogP) is 1.85. The minimum atomic E-state index is 0.576. The number of aryl methyl sites for hydroxylation is 2. The van der Waals surface area contributed by atoms with Crippen molar-refractivity contribution >= 4 is 0 Å². The molecule has 0 N–H and O–H groups in total. The number of hydrogen-bond acceptors (Lipinski definition) is 2. The fourth-order valence-corrected chi connectivity index (χ4v) is 0.949. The molecule has 0 radical (unpaired) electrons. The lowest BCUT2D eigenvalue weighted by Crippen LogP contribution is -1.89. The van der Waals surface area contributed by atoms with E-state index in [-0.39, 0.29) is 0 Å². The van der Waals surface area contributed by atoms with E-state index in [0.29, 0.717) is 6.42 Å². The summed E-state index contributed by atoms with van der Waals surface area (Å²) in [6.45, 7) is 2.04. The Hall–Kier alpha value is -1.36. The topological polar surface area (TPSA) is 36.7 Å². The van der Waals surface area contributed by atoms with Crippen LogP contribution < -0.4 is 0 Å². The van der Waals surface area contributed by atoms with E-state index in [1.807, 2.05) is 19.2 Å². The Morgan fingerprint density at radius 2 is 2.45 bits per heavy atom. The number of pyridine rings is 1. The highest BCUT2D eigenvalue weighted by molar-refractivity contribution is 5.21. The van der Waals surface area contributed by atoms with Gasteiger partial charge in [-0.3, -0.25) is 4.98 Å². The van der Waals surface area contributed by atoms with Gasteiger partial charge in [-0.05, 0) is 30.5 Å². The van der Waals surface area contributed by atoms with Gasteiger partial charge < -0.3 is 0 Å². The summed E-state index contributed by atoms with van der Waals surface area (Å²) >= 11 is 0. The number of nitrogens with zero attached hydrogens (tertiary/aromatic N) is 2. The van der Waals surface area contributed by atoms with Crippen molar-refractivity contribution < 1.29 is 0 Å². The molecule has 1 heterocycles. The van der Waals surface area contributed by atoms with Crippen molar-refractivity contribution in [2.75, 3.05) is 0 Å². The third kappa shape index (κ3) is 2.05. The van der Waals surface area contributed by atoms with E-state index in [4.69, 9.17) is 5.26 Å². The second-order valence-corrected chi connectivity index (χ2v) is 2.46. The average molecular weight is 146 g/mol. The predicted molar refractivity (Wildman–Crippen MR) is 42.9 cm³/mol. The molecule has 11 heavy (non-hydrogen) atoms. The van der Waals surface area contributed by atoms with Gasteiger partial charge in [0.2, 0.25) is 0 Å². The Bertz CT molecular complexity index is 273. The van der Waals surface area contributed by atoms with Crippen LogP contribution in [0.25, 0.3) is 0 Å². The molecule has 0 aliphatic rings. The van der Waals surface area contributed by atoms with E-state index < -0.39 is 0 Å². The standard InChI is InChI=1S/C9H10N2/c1-8-4-6-11-7-9(8)3-2-5-10/h4,6-7H,2-3H2,1H3. The van der Waals surface area contributed by atoms with Crippen molar-refractivity contribution in [1.29, 1.82) is 5.26 Å². The highest BCUT2D eigenvalue weighted by Crippen LogP contribution is 2.06. The van der Waals surface area contributed by atoms with Crippen LogP contribution in [-0.2, 0) is 6.42 Å². The van der Waals surface area contributed by atoms with Gasteiger partial charge in [-0.1, -0.05) is 0 Å². The molecule has 0 bridgehead atoms. The molecule has 1 aromatic heterocycles. The highest BCUT2D eigenvalue weighted by atomic mass is 14.6. The second-order valence-electron chi connectivity index (χ2n) is 2.46. The van der Waals surface area contributed by atoms with Gasteiger partial charge in [-0.2, -0.15) is 5.26 Å². The third-order valence-corrected chi connectivity index (χ3v) is 1.65. The molecule has 1 aromatic rings. The zero-order chi connectivity index (χ0) is 8.10. The number of aromatic nitrogens is 1. The van der Waals surface area contributed by atoms with E-state index in [9.17, 15) is 0 Å². The van der Waals surface area contributed by atoms with Gasteiger partial charge >= 0.3 is 0 Å². The van der Waals surface area contributed by atoms with Crippen LogP contribution in [0, 0.1) is 18.3 Å². The second kappa shape index (κ2) is 3.72. The molecule has 0 aliphatic heterocycles. The van der Waals surface area contributed by atoms with E-state index in [1.54, 1.807) is 6.20 Å². The molecule has 0 fully saturated rings. The molecule has 0 aromatic carbocycles. The lowest BCUT2D eigenvalue weighted by atomic mass is 10.1. The summed E-state index contributed by atoms with van der Waals surface area (Å²) in [5.41, 5.74) is 2.39. The molecular weight excluding hydrogens is 136 g/mol. The molecule has 0 saturated carbocycles. The zero-order valence-corrected chi connectivity index (χ0v) is 6.54. The van der Waals surface area contributed by atoms with Crippen molar-refractivity contribution in [2.45, 2.75) is 19.8 Å². The lowest BCUT2D eigenvalue weighted by molar-refractivity contribution is 0.980. The van der Waals surface area contributed by atoms with Crippen LogP contribution in [0.5, 0.6) is 0 Å². The minimum Gasteiger partial charge on any atom is -0.264 e. The molecule has 2 heteroatoms. The quantitative estimate of drug-likeness (QED) is 0.638. The Morgan fingerprint density at radius 1 is 1.64 bits per heavy atom. The monoisotopic (exact) mass is 146 g/mol. The minimum absolute atomic E-state index is 0.576. The average Bonchev–Trinajstić information content (AvgIpc) is 2.03. The fraction of sp³-hybridized carbons (Fsp3) is 0.333. The van der Waals surface area contributed by atoms with E-state index in [1.165, 1.54) is 11.1 Å². The maximum Gasteiger partial charge on any atom is 0.0625 e. The fourth-order valence-electron chi connectivity index (χ4n) is 0.949. The molecule has 0 amide bonds. The van der Waals surface area contributed by atoms with Gasteiger partial charge in [-0.25, -0.2) is 0 Å². The molecule has 0 saturated heterocycles. The summed E-state index contributed by atoms with van der Waals surface area (Å²) < 4.78 is 0. The Morgan fingerprint density at radius 3 is 3.09 bits per heavy atom. The summed E-state index contributed by atoms with van der Waals surface area (Å²) in [7, 11) is 0. The van der Waals surface area contributed by atoms with Crippen LogP contribution in [0.3, 0.4) is 0 Å². The summed E-state index contributed by atoms with van der Waals surface area (Å²) in [6.07, 6.45) is 4.99. The van der Waals surface area contributed by atoms with E-state index in [0.717, 1.165) is 6.42 Å². The van der Waals surface area contributed by atoms with Gasteiger partial charge in [0.25, 0.3) is 0 Å². The third-order valence-electron chi connectivity index (χ3n) is 1.65. The van der Waals surface area contributed by atoms with Gasteiger partial charge in [0, 0.05) is 18.8 Å². The normalized spacial score (nSPS) is 9.09. The summed E-state index contributed by atoms with van der Waals surface area (Å²) in [6, 6.07) is 4.08. The van der Waals surface area contributed by atoms with Crippen LogP contribution in [-0.4, -0.2) is 4.98 Å². The zero-order valence-electron chi connectivity index (χ0n) is 6.54. The first-order chi connectivity index (χ1) is 5.34. The Kier molecular flexibility index (Phi) is 2.62. The summed E-state index contributed by atoms with van der Waals surface area (Å²) in [5, 5.41) is 8.35. The molecule has 0 atom stereocenters. The first-order valence-corrected chi connectivity index (χ1v) is 3.61. The molecule has 0 unspecified atom stereocenters. The Labute approximate surface area is 66.5 Å². The van der Waals surface area contributed by atoms with E-state index in [2.05, 4.69) is 11.1 Å². The molecule has 56 valence electrons. The van der Waals surface area contributed by atoms with Gasteiger partial charge in [0.15, 0.2) is 0 Å². The first-order valence-electron chi connectivity index (χ1n) is 3.61. The van der Waals surface area contributed by atoms with Crippen molar-refractivity contribution in [3.8, 4) is 6.07 Å². The van der Waals surface area contributed by atoms with Crippen molar-refractivity contribution in [1.82, 2.24) is 4.98 Å². The van der Waals surface area contributed by atoms with Crippen LogP contribution in [0.2, 0.25) is 0 Å². The lowest BCUT2D eigenvalue weighted by Gasteiger charge is -1.99. The largest absolute Gasteiger partial charge is 0.264 e. The van der Waals surface area contributed by atoms with Crippen LogP contribution >= 0.6 is 0 Å². The van der Waals surface area contributed by atoms with Gasteiger partial charge in [-0.15, -0.1) is 0 Å². The Balaban J connectivity index is 2.71. The maximum atomic E-state index is 8.35. The number of hydrogen-bond donors (Lipinski definition) is 0. The number of nitriles is 1. The van der Waals surface area contributed by atoms with Crippen LogP contribution in [0.1, 0.15) is 17.5 Å². The summed E-state index contributed by atoms with van der Waals surface area (Å²) in [5.74, 6) is 0.